The molecule has 2 rings (SSSR count). The highest BCUT2D eigenvalue weighted by Crippen LogP contribution is 2.25. The van der Waals surface area contributed by atoms with E-state index in [9.17, 15) is 0 Å². The van der Waals surface area contributed by atoms with Crippen LogP contribution in [0.25, 0.3) is 0 Å². The van der Waals surface area contributed by atoms with Crippen LogP contribution >= 0.6 is 27.5 Å². The van der Waals surface area contributed by atoms with Gasteiger partial charge in [0.1, 0.15) is 12.4 Å². The molecule has 21 heavy (non-hydrogen) atoms. The summed E-state index contributed by atoms with van der Waals surface area (Å²) in [6.07, 6.45) is 1.77. The fourth-order valence-corrected chi connectivity index (χ4v) is 2.76. The molecule has 0 aromatic heterocycles. The Kier molecular flexibility index (Phi) is 6.09. The van der Waals surface area contributed by atoms with E-state index in [0.717, 1.165) is 34.2 Å². The maximum Gasteiger partial charge on any atom is 0.123 e. The number of hydrogen-bond donors (Lipinski definition) is 1. The van der Waals surface area contributed by atoms with Gasteiger partial charge in [-0.15, -0.1) is 0 Å². The molecule has 1 atom stereocenters. The minimum atomic E-state index is 0.158. The maximum atomic E-state index is 6.21. The monoisotopic (exact) mass is 367 g/mol. The number of ether oxygens (including phenoxy) is 1. The van der Waals surface area contributed by atoms with Gasteiger partial charge in [0.2, 0.25) is 0 Å². The summed E-state index contributed by atoms with van der Waals surface area (Å²) in [5.41, 5.74) is 8.15. The molecule has 2 N–H and O–H groups in total. The van der Waals surface area contributed by atoms with Crippen LogP contribution in [0.5, 0.6) is 5.75 Å². The lowest BCUT2D eigenvalue weighted by Gasteiger charge is -2.15. The molecular weight excluding hydrogens is 350 g/mol. The highest BCUT2D eigenvalue weighted by molar-refractivity contribution is 9.10. The number of hydrogen-bond acceptors (Lipinski definition) is 2. The van der Waals surface area contributed by atoms with Crippen LogP contribution in [0.1, 0.15) is 24.5 Å². The first kappa shape index (κ1) is 16.3. The van der Waals surface area contributed by atoms with Crippen LogP contribution < -0.4 is 10.5 Å². The van der Waals surface area contributed by atoms with Crippen molar-refractivity contribution in [2.75, 3.05) is 0 Å². The molecule has 0 aliphatic rings. The molecule has 0 aliphatic carbocycles. The Bertz CT molecular complexity index is 603. The van der Waals surface area contributed by atoms with Crippen molar-refractivity contribution in [1.29, 1.82) is 0 Å². The summed E-state index contributed by atoms with van der Waals surface area (Å²) in [4.78, 5) is 0. The van der Waals surface area contributed by atoms with Crippen molar-refractivity contribution in [3.05, 3.63) is 63.1 Å². The first-order valence-corrected chi connectivity index (χ1v) is 8.17. The molecule has 2 nitrogen and oxygen atoms in total. The molecule has 0 saturated heterocycles. The summed E-state index contributed by atoms with van der Waals surface area (Å²) in [5.74, 6) is 0.875. The highest BCUT2D eigenvalue weighted by Gasteiger charge is 2.08. The first-order chi connectivity index (χ1) is 10.1. The molecule has 0 heterocycles. The lowest BCUT2D eigenvalue weighted by atomic mass is 10.0. The predicted octanol–water partition coefficient (Wildman–Crippen LogP) is 4.96. The molecular formula is C17H19BrClNO. The molecule has 2 aromatic carbocycles. The fourth-order valence-electron chi connectivity index (χ4n) is 2.03. The normalized spacial score (nSPS) is 12.2. The lowest BCUT2D eigenvalue weighted by molar-refractivity contribution is 0.302. The van der Waals surface area contributed by atoms with Gasteiger partial charge in [0.15, 0.2) is 0 Å². The predicted molar refractivity (Wildman–Crippen MR) is 91.9 cm³/mol. The van der Waals surface area contributed by atoms with Gasteiger partial charge in [-0.25, -0.2) is 0 Å². The third-order valence-electron chi connectivity index (χ3n) is 3.38. The van der Waals surface area contributed by atoms with E-state index >= 15 is 0 Å². The Balaban J connectivity index is 2.09. The molecule has 1 unspecified atom stereocenters. The summed E-state index contributed by atoms with van der Waals surface area (Å²) < 4.78 is 6.90. The second-order valence-electron chi connectivity index (χ2n) is 5.00. The van der Waals surface area contributed by atoms with E-state index in [0.29, 0.717) is 11.6 Å². The Labute approximate surface area is 139 Å². The van der Waals surface area contributed by atoms with Gasteiger partial charge in [-0.3, -0.25) is 0 Å². The number of nitrogens with two attached hydrogens (primary N) is 1. The Morgan fingerprint density at radius 2 is 1.95 bits per heavy atom. The van der Waals surface area contributed by atoms with Crippen LogP contribution in [0.4, 0.5) is 0 Å². The minimum absolute atomic E-state index is 0.158. The Hall–Kier alpha value is -1.03. The average Bonchev–Trinajstić information content (AvgIpc) is 2.47. The van der Waals surface area contributed by atoms with Gasteiger partial charge in [-0.05, 0) is 36.6 Å². The largest absolute Gasteiger partial charge is 0.489 e. The van der Waals surface area contributed by atoms with E-state index in [1.807, 2.05) is 36.4 Å². The lowest BCUT2D eigenvalue weighted by Crippen LogP contribution is -2.21. The van der Waals surface area contributed by atoms with Crippen LogP contribution in [-0.2, 0) is 13.0 Å². The Morgan fingerprint density at radius 3 is 2.67 bits per heavy atom. The van der Waals surface area contributed by atoms with Gasteiger partial charge >= 0.3 is 0 Å². The van der Waals surface area contributed by atoms with Crippen molar-refractivity contribution >= 4 is 27.5 Å². The summed E-state index contributed by atoms with van der Waals surface area (Å²) in [5, 5.41) is 0.701. The van der Waals surface area contributed by atoms with Gasteiger partial charge in [-0.1, -0.05) is 58.7 Å². The SMILES string of the molecule is CCC(N)Cc1ccccc1OCc1ccc(Br)cc1Cl. The second-order valence-corrected chi connectivity index (χ2v) is 6.33. The van der Waals surface area contributed by atoms with E-state index in [1.54, 1.807) is 0 Å². The van der Waals surface area contributed by atoms with Gasteiger partial charge in [-0.2, -0.15) is 0 Å². The van der Waals surface area contributed by atoms with E-state index in [-0.39, 0.29) is 6.04 Å². The number of rotatable bonds is 6. The zero-order valence-electron chi connectivity index (χ0n) is 12.0. The fraction of sp³-hybridized carbons (Fsp3) is 0.294. The quantitative estimate of drug-likeness (QED) is 0.782. The summed E-state index contributed by atoms with van der Waals surface area (Å²) in [6.45, 7) is 2.54. The van der Waals surface area contributed by atoms with Crippen molar-refractivity contribution in [1.82, 2.24) is 0 Å². The highest BCUT2D eigenvalue weighted by atomic mass is 79.9. The van der Waals surface area contributed by atoms with Crippen molar-refractivity contribution in [2.45, 2.75) is 32.4 Å². The van der Waals surface area contributed by atoms with Gasteiger partial charge in [0, 0.05) is 21.1 Å². The molecule has 0 spiro atoms. The zero-order valence-corrected chi connectivity index (χ0v) is 14.3. The Morgan fingerprint density at radius 1 is 1.19 bits per heavy atom. The first-order valence-electron chi connectivity index (χ1n) is 7.00. The molecule has 112 valence electrons. The van der Waals surface area contributed by atoms with Crippen molar-refractivity contribution in [3.8, 4) is 5.75 Å². The van der Waals surface area contributed by atoms with Gasteiger partial charge in [0.25, 0.3) is 0 Å². The van der Waals surface area contributed by atoms with E-state index in [1.165, 1.54) is 0 Å². The van der Waals surface area contributed by atoms with Gasteiger partial charge in [0.05, 0.1) is 0 Å². The van der Waals surface area contributed by atoms with Crippen molar-refractivity contribution in [2.24, 2.45) is 5.73 Å². The zero-order chi connectivity index (χ0) is 15.2. The van der Waals surface area contributed by atoms with Crippen molar-refractivity contribution < 1.29 is 4.74 Å². The molecule has 0 fully saturated rings. The molecule has 4 heteroatoms. The minimum Gasteiger partial charge on any atom is -0.489 e. The van der Waals surface area contributed by atoms with Crippen LogP contribution in [0.3, 0.4) is 0 Å². The summed E-state index contributed by atoms with van der Waals surface area (Å²) >= 11 is 9.61. The molecule has 0 saturated carbocycles. The van der Waals surface area contributed by atoms with E-state index < -0.39 is 0 Å². The standard InChI is InChI=1S/C17H19BrClNO/c1-2-15(20)9-12-5-3-4-6-17(12)21-11-13-7-8-14(18)10-16(13)19/h3-8,10,15H,2,9,11,20H2,1H3. The smallest absolute Gasteiger partial charge is 0.123 e. The summed E-state index contributed by atoms with van der Waals surface area (Å²) in [6, 6.07) is 14.0. The number of halogens is 2. The van der Waals surface area contributed by atoms with E-state index in [2.05, 4.69) is 28.9 Å². The van der Waals surface area contributed by atoms with Crippen LogP contribution in [0, 0.1) is 0 Å². The van der Waals surface area contributed by atoms with Crippen LogP contribution in [0.2, 0.25) is 5.02 Å². The van der Waals surface area contributed by atoms with Gasteiger partial charge < -0.3 is 10.5 Å². The molecule has 0 radical (unpaired) electrons. The number of benzene rings is 2. The number of para-hydroxylation sites is 1. The molecule has 2 aromatic rings. The third-order valence-corrected chi connectivity index (χ3v) is 4.22. The van der Waals surface area contributed by atoms with Crippen LogP contribution in [0.15, 0.2) is 46.9 Å². The molecule has 0 aliphatic heterocycles. The molecule has 0 bridgehead atoms. The summed E-state index contributed by atoms with van der Waals surface area (Å²) in [7, 11) is 0. The second kappa shape index (κ2) is 7.83. The van der Waals surface area contributed by atoms with E-state index in [4.69, 9.17) is 22.1 Å². The molecule has 0 amide bonds. The third kappa shape index (κ3) is 4.73. The topological polar surface area (TPSA) is 35.2 Å². The maximum absolute atomic E-state index is 6.21. The average molecular weight is 369 g/mol. The van der Waals surface area contributed by atoms with Crippen LogP contribution in [-0.4, -0.2) is 6.04 Å². The van der Waals surface area contributed by atoms with Crippen molar-refractivity contribution in [3.63, 3.8) is 0 Å².